The van der Waals surface area contributed by atoms with Crippen molar-refractivity contribution in [2.24, 2.45) is 5.10 Å². The summed E-state index contributed by atoms with van der Waals surface area (Å²) in [6.07, 6.45) is 5.75. The number of hydrazone groups is 1. The van der Waals surface area contributed by atoms with Gasteiger partial charge in [0, 0.05) is 18.8 Å². The second kappa shape index (κ2) is 8.07. The Hall–Kier alpha value is -3.93. The molecule has 1 aliphatic heterocycles. The smallest absolute Gasteiger partial charge is 0.263 e. The average Bonchev–Trinajstić information content (AvgIpc) is 3.49. The quantitative estimate of drug-likeness (QED) is 0.489. The highest BCUT2D eigenvalue weighted by molar-refractivity contribution is 6.05. The fourth-order valence-electron chi connectivity index (χ4n) is 3.98. The fraction of sp³-hybridized carbons (Fsp3) is 0.160. The number of ether oxygens (including phenoxy) is 1. The Labute approximate surface area is 180 Å². The molecule has 0 saturated carbocycles. The standard InChI is InChI=1S/C25H22N4O2/c1-31-22-10-8-19(9-11-22)24-15-23(21-7-6-18-4-2-3-5-20(18)14-21)27-29(24)25(30)16-28-13-12-26-17-28/h2-14,17,24H,15-16H2,1H3. The SMILES string of the molecule is COc1ccc(C2CC(c3ccc4ccccc4c3)=NN2C(=O)Cn2ccnc2)cc1. The highest BCUT2D eigenvalue weighted by Gasteiger charge is 2.33. The van der Waals surface area contributed by atoms with Crippen molar-refractivity contribution in [1.82, 2.24) is 14.6 Å². The van der Waals surface area contributed by atoms with E-state index in [9.17, 15) is 4.79 Å². The minimum Gasteiger partial charge on any atom is -0.497 e. The molecule has 0 aliphatic carbocycles. The number of carbonyl (C=O) groups is 1. The van der Waals surface area contributed by atoms with Gasteiger partial charge in [0.15, 0.2) is 0 Å². The van der Waals surface area contributed by atoms with Gasteiger partial charge in [-0.3, -0.25) is 4.79 Å². The van der Waals surface area contributed by atoms with Crippen LogP contribution in [0.15, 0.2) is 90.6 Å². The fourth-order valence-corrected chi connectivity index (χ4v) is 3.98. The third-order valence-corrected chi connectivity index (χ3v) is 5.63. The van der Waals surface area contributed by atoms with Crippen LogP contribution >= 0.6 is 0 Å². The Morgan fingerprint density at radius 3 is 2.61 bits per heavy atom. The van der Waals surface area contributed by atoms with Gasteiger partial charge in [-0.15, -0.1) is 0 Å². The van der Waals surface area contributed by atoms with E-state index in [-0.39, 0.29) is 18.5 Å². The Morgan fingerprint density at radius 2 is 1.87 bits per heavy atom. The van der Waals surface area contributed by atoms with Gasteiger partial charge in [0.1, 0.15) is 12.3 Å². The van der Waals surface area contributed by atoms with Crippen LogP contribution in [-0.2, 0) is 11.3 Å². The lowest BCUT2D eigenvalue weighted by atomic mass is 9.97. The van der Waals surface area contributed by atoms with E-state index >= 15 is 0 Å². The minimum absolute atomic E-state index is 0.0744. The van der Waals surface area contributed by atoms with Crippen molar-refractivity contribution in [2.45, 2.75) is 19.0 Å². The number of amides is 1. The van der Waals surface area contributed by atoms with Crippen LogP contribution in [0.2, 0.25) is 0 Å². The third kappa shape index (κ3) is 3.80. The first kappa shape index (κ1) is 19.1. The van der Waals surface area contributed by atoms with Crippen molar-refractivity contribution in [3.8, 4) is 5.75 Å². The van der Waals surface area contributed by atoms with Gasteiger partial charge in [-0.25, -0.2) is 9.99 Å². The summed E-state index contributed by atoms with van der Waals surface area (Å²) in [6.45, 7) is 0.196. The van der Waals surface area contributed by atoms with E-state index in [1.54, 1.807) is 35.4 Å². The number of aromatic nitrogens is 2. The number of hydrogen-bond donors (Lipinski definition) is 0. The Balaban J connectivity index is 1.49. The van der Waals surface area contributed by atoms with E-state index in [1.807, 2.05) is 36.4 Å². The number of imidazole rings is 1. The number of hydrogen-bond acceptors (Lipinski definition) is 4. The molecule has 0 fully saturated rings. The van der Waals surface area contributed by atoms with Gasteiger partial charge in [-0.05, 0) is 40.1 Å². The van der Waals surface area contributed by atoms with Crippen LogP contribution in [0.1, 0.15) is 23.6 Å². The van der Waals surface area contributed by atoms with Gasteiger partial charge in [-0.1, -0.05) is 48.5 Å². The molecule has 4 aromatic rings. The molecule has 0 radical (unpaired) electrons. The lowest BCUT2D eigenvalue weighted by Gasteiger charge is -2.22. The van der Waals surface area contributed by atoms with Crippen molar-refractivity contribution in [1.29, 1.82) is 0 Å². The van der Waals surface area contributed by atoms with E-state index in [0.29, 0.717) is 6.42 Å². The zero-order valence-corrected chi connectivity index (χ0v) is 17.2. The molecule has 6 nitrogen and oxygen atoms in total. The molecule has 6 heteroatoms. The summed E-state index contributed by atoms with van der Waals surface area (Å²) < 4.78 is 7.05. The molecule has 0 bridgehead atoms. The van der Waals surface area contributed by atoms with Crippen molar-refractivity contribution < 1.29 is 9.53 Å². The average molecular weight is 410 g/mol. The second-order valence-corrected chi connectivity index (χ2v) is 7.58. The molecule has 154 valence electrons. The number of methoxy groups -OCH3 is 1. The summed E-state index contributed by atoms with van der Waals surface area (Å²) in [5.74, 6) is 0.711. The van der Waals surface area contributed by atoms with Crippen molar-refractivity contribution in [3.05, 3.63) is 96.6 Å². The van der Waals surface area contributed by atoms with Crippen LogP contribution in [0.3, 0.4) is 0 Å². The summed E-state index contributed by atoms with van der Waals surface area (Å²) in [6, 6.07) is 22.3. The zero-order valence-electron chi connectivity index (χ0n) is 17.2. The number of fused-ring (bicyclic) bond motifs is 1. The van der Waals surface area contributed by atoms with Crippen LogP contribution in [0.25, 0.3) is 10.8 Å². The molecule has 0 spiro atoms. The van der Waals surface area contributed by atoms with Crippen molar-refractivity contribution >= 4 is 22.4 Å². The van der Waals surface area contributed by atoms with Gasteiger partial charge in [0.05, 0.1) is 25.2 Å². The highest BCUT2D eigenvalue weighted by atomic mass is 16.5. The van der Waals surface area contributed by atoms with Gasteiger partial charge in [0.25, 0.3) is 5.91 Å². The van der Waals surface area contributed by atoms with Gasteiger partial charge >= 0.3 is 0 Å². The first-order valence-corrected chi connectivity index (χ1v) is 10.2. The molecule has 1 aliphatic rings. The first-order chi connectivity index (χ1) is 15.2. The number of carbonyl (C=O) groups excluding carboxylic acids is 1. The molecule has 1 amide bonds. The number of rotatable bonds is 5. The summed E-state index contributed by atoms with van der Waals surface area (Å²) >= 11 is 0. The third-order valence-electron chi connectivity index (χ3n) is 5.63. The topological polar surface area (TPSA) is 59.7 Å². The van der Waals surface area contributed by atoms with E-state index in [4.69, 9.17) is 9.84 Å². The Bertz CT molecular complexity index is 1250. The Kier molecular flexibility index (Phi) is 4.96. The summed E-state index contributed by atoms with van der Waals surface area (Å²) in [5.41, 5.74) is 2.97. The molecule has 0 N–H and O–H groups in total. The predicted molar refractivity (Wildman–Crippen MR) is 120 cm³/mol. The summed E-state index contributed by atoms with van der Waals surface area (Å²) in [5, 5.41) is 8.74. The van der Waals surface area contributed by atoms with Crippen LogP contribution < -0.4 is 4.74 Å². The van der Waals surface area contributed by atoms with Crippen LogP contribution in [0.4, 0.5) is 0 Å². The minimum atomic E-state index is -0.164. The largest absolute Gasteiger partial charge is 0.497 e. The normalized spacial score (nSPS) is 15.8. The van der Waals surface area contributed by atoms with Gasteiger partial charge in [0.2, 0.25) is 0 Å². The first-order valence-electron chi connectivity index (χ1n) is 10.2. The van der Waals surface area contributed by atoms with E-state index < -0.39 is 0 Å². The van der Waals surface area contributed by atoms with E-state index in [1.165, 1.54) is 5.39 Å². The predicted octanol–water partition coefficient (Wildman–Crippen LogP) is 4.42. The summed E-state index contributed by atoms with van der Waals surface area (Å²) in [4.78, 5) is 17.2. The van der Waals surface area contributed by atoms with Crippen LogP contribution in [0.5, 0.6) is 5.75 Å². The monoisotopic (exact) mass is 410 g/mol. The van der Waals surface area contributed by atoms with Crippen molar-refractivity contribution in [3.63, 3.8) is 0 Å². The molecule has 2 heterocycles. The molecule has 0 saturated heterocycles. The number of nitrogens with zero attached hydrogens (tertiary/aromatic N) is 4. The van der Waals surface area contributed by atoms with Gasteiger partial charge < -0.3 is 9.30 Å². The molecular weight excluding hydrogens is 388 g/mol. The molecule has 1 aromatic heterocycles. The molecule has 5 rings (SSSR count). The maximum atomic E-state index is 13.2. The maximum Gasteiger partial charge on any atom is 0.263 e. The lowest BCUT2D eigenvalue weighted by molar-refractivity contribution is -0.133. The molecule has 1 unspecified atom stereocenters. The number of benzene rings is 3. The van der Waals surface area contributed by atoms with Crippen LogP contribution in [0, 0.1) is 0 Å². The van der Waals surface area contributed by atoms with Crippen molar-refractivity contribution in [2.75, 3.05) is 7.11 Å². The lowest BCUT2D eigenvalue weighted by Crippen LogP contribution is -2.30. The highest BCUT2D eigenvalue weighted by Crippen LogP contribution is 2.34. The second-order valence-electron chi connectivity index (χ2n) is 7.58. The maximum absolute atomic E-state index is 13.2. The molecular formula is C25H22N4O2. The zero-order chi connectivity index (χ0) is 21.2. The van der Waals surface area contributed by atoms with Gasteiger partial charge in [-0.2, -0.15) is 5.10 Å². The summed E-state index contributed by atoms with van der Waals surface area (Å²) in [7, 11) is 1.65. The van der Waals surface area contributed by atoms with E-state index in [2.05, 4.69) is 35.3 Å². The molecule has 1 atom stereocenters. The molecule has 3 aromatic carbocycles. The Morgan fingerprint density at radius 1 is 1.06 bits per heavy atom. The van der Waals surface area contributed by atoms with E-state index in [0.717, 1.165) is 28.0 Å². The molecule has 31 heavy (non-hydrogen) atoms. The van der Waals surface area contributed by atoms with Crippen LogP contribution in [-0.4, -0.2) is 33.3 Å².